The second-order valence-corrected chi connectivity index (χ2v) is 8.03. The Morgan fingerprint density at radius 2 is 1.70 bits per heavy atom. The molecule has 2 atom stereocenters. The number of rotatable bonds is 3. The highest BCUT2D eigenvalue weighted by molar-refractivity contribution is 5.98. The van der Waals surface area contributed by atoms with Crippen LogP contribution in [0.1, 0.15) is 41.7 Å². The summed E-state index contributed by atoms with van der Waals surface area (Å²) in [5, 5.41) is 4.47. The van der Waals surface area contributed by atoms with Gasteiger partial charge in [0, 0.05) is 37.3 Å². The molecule has 6 heteroatoms. The number of benzene rings is 1. The lowest BCUT2D eigenvalue weighted by atomic mass is 10.1. The molecular weight excluding hydrogens is 340 g/mol. The van der Waals surface area contributed by atoms with Gasteiger partial charge >= 0.3 is 0 Å². The maximum atomic E-state index is 13.3. The highest BCUT2D eigenvalue weighted by Gasteiger charge is 2.47. The number of amides is 2. The third-order valence-corrected chi connectivity index (χ3v) is 6.05. The van der Waals surface area contributed by atoms with E-state index in [4.69, 9.17) is 0 Å². The number of carbonyl (C=O) groups is 2. The average Bonchev–Trinajstić information content (AvgIpc) is 3.39. The van der Waals surface area contributed by atoms with E-state index in [9.17, 15) is 9.59 Å². The molecule has 0 N–H and O–H groups in total. The predicted molar refractivity (Wildman–Crippen MR) is 101 cm³/mol. The van der Waals surface area contributed by atoms with E-state index in [1.807, 2.05) is 48.4 Å². The molecule has 3 heterocycles. The minimum absolute atomic E-state index is 0.0363. The monoisotopic (exact) mass is 364 g/mol. The van der Waals surface area contributed by atoms with E-state index in [-0.39, 0.29) is 23.9 Å². The van der Waals surface area contributed by atoms with E-state index < -0.39 is 0 Å². The van der Waals surface area contributed by atoms with Crippen molar-refractivity contribution < 1.29 is 9.59 Å². The largest absolute Gasteiger partial charge is 0.334 e. The van der Waals surface area contributed by atoms with Gasteiger partial charge in [0.1, 0.15) is 0 Å². The van der Waals surface area contributed by atoms with E-state index in [2.05, 4.69) is 10.00 Å². The zero-order valence-electron chi connectivity index (χ0n) is 15.5. The van der Waals surface area contributed by atoms with Gasteiger partial charge in [0.05, 0.1) is 16.9 Å². The summed E-state index contributed by atoms with van der Waals surface area (Å²) >= 11 is 0. The fraction of sp³-hybridized carbons (Fsp3) is 0.476. The fourth-order valence-corrected chi connectivity index (χ4v) is 4.54. The van der Waals surface area contributed by atoms with Crippen molar-refractivity contribution in [2.45, 2.75) is 44.7 Å². The molecule has 0 unspecified atom stereocenters. The molecular formula is C21H24N4O2. The quantitative estimate of drug-likeness (QED) is 0.840. The maximum absolute atomic E-state index is 13.3. The van der Waals surface area contributed by atoms with E-state index in [0.717, 1.165) is 37.1 Å². The molecule has 3 aliphatic rings. The Morgan fingerprint density at radius 1 is 1.00 bits per heavy atom. The number of aromatic nitrogens is 2. The molecule has 0 radical (unpaired) electrons. The van der Waals surface area contributed by atoms with Crippen molar-refractivity contribution in [3.8, 4) is 5.69 Å². The van der Waals surface area contributed by atoms with Crippen LogP contribution < -0.4 is 0 Å². The van der Waals surface area contributed by atoms with E-state index >= 15 is 0 Å². The van der Waals surface area contributed by atoms with Gasteiger partial charge in [0.15, 0.2) is 0 Å². The molecule has 140 valence electrons. The Morgan fingerprint density at radius 3 is 2.33 bits per heavy atom. The second-order valence-electron chi connectivity index (χ2n) is 8.03. The molecule has 3 fully saturated rings. The lowest BCUT2D eigenvalue weighted by Gasteiger charge is -2.41. The molecule has 5 rings (SSSR count). The summed E-state index contributed by atoms with van der Waals surface area (Å²) in [7, 11) is 0. The number of likely N-dealkylation sites (tertiary alicyclic amines) is 1. The van der Waals surface area contributed by atoms with Crippen molar-refractivity contribution in [2.75, 3.05) is 13.1 Å². The zero-order chi connectivity index (χ0) is 18.5. The lowest BCUT2D eigenvalue weighted by molar-refractivity contribution is -0.137. The van der Waals surface area contributed by atoms with Crippen LogP contribution in [0.25, 0.3) is 5.69 Å². The van der Waals surface area contributed by atoms with Crippen LogP contribution in [0, 0.1) is 12.8 Å². The standard InChI is InChI=1S/C21H24N4O2/c1-14-10-11-24(22-14)19-5-3-2-4-18(19)21(27)23-12-16-8-9-17(13-23)25(16)20(26)15-6-7-15/h2-5,10-11,15-17H,6-9,12-13H2,1H3/t16-,17+. The van der Waals surface area contributed by atoms with E-state index in [1.165, 1.54) is 0 Å². The van der Waals surface area contributed by atoms with Crippen LogP contribution in [0.2, 0.25) is 0 Å². The van der Waals surface area contributed by atoms with Gasteiger partial charge in [0.25, 0.3) is 5.91 Å². The minimum Gasteiger partial charge on any atom is -0.334 e. The first kappa shape index (κ1) is 16.5. The number of nitrogens with zero attached hydrogens (tertiary/aromatic N) is 4. The molecule has 2 amide bonds. The SMILES string of the molecule is Cc1ccn(-c2ccccc2C(=O)N2C[C@H]3CC[C@@H](C2)N3C(=O)C2CC2)n1. The van der Waals surface area contributed by atoms with Gasteiger partial charge < -0.3 is 9.80 Å². The minimum atomic E-state index is 0.0363. The summed E-state index contributed by atoms with van der Waals surface area (Å²) in [6.07, 6.45) is 5.97. The van der Waals surface area contributed by atoms with Gasteiger partial charge in [-0.2, -0.15) is 5.10 Å². The molecule has 2 saturated heterocycles. The van der Waals surface area contributed by atoms with Gasteiger partial charge in [-0.15, -0.1) is 0 Å². The normalized spacial score (nSPS) is 24.3. The zero-order valence-corrected chi connectivity index (χ0v) is 15.5. The van der Waals surface area contributed by atoms with Crippen molar-refractivity contribution in [3.05, 3.63) is 47.8 Å². The highest BCUT2D eigenvalue weighted by atomic mass is 16.2. The number of hydrogen-bond acceptors (Lipinski definition) is 3. The van der Waals surface area contributed by atoms with Crippen LogP contribution in [-0.4, -0.2) is 56.6 Å². The maximum Gasteiger partial charge on any atom is 0.256 e. The first-order chi connectivity index (χ1) is 13.1. The Balaban J connectivity index is 1.39. The summed E-state index contributed by atoms with van der Waals surface area (Å²) < 4.78 is 1.77. The number of fused-ring (bicyclic) bond motifs is 2. The average molecular weight is 364 g/mol. The molecule has 1 aliphatic carbocycles. The van der Waals surface area contributed by atoms with Crippen molar-refractivity contribution in [1.29, 1.82) is 0 Å². The van der Waals surface area contributed by atoms with Crippen molar-refractivity contribution >= 4 is 11.8 Å². The van der Waals surface area contributed by atoms with Crippen LogP contribution in [0.15, 0.2) is 36.5 Å². The summed E-state index contributed by atoms with van der Waals surface area (Å²) in [5.74, 6) is 0.607. The molecule has 1 aromatic heterocycles. The molecule has 1 aromatic carbocycles. The Hall–Kier alpha value is -2.63. The van der Waals surface area contributed by atoms with Crippen molar-refractivity contribution in [2.24, 2.45) is 5.92 Å². The van der Waals surface area contributed by atoms with Gasteiger partial charge in [-0.1, -0.05) is 12.1 Å². The summed E-state index contributed by atoms with van der Waals surface area (Å²) in [5.41, 5.74) is 2.39. The van der Waals surface area contributed by atoms with Gasteiger partial charge in [-0.05, 0) is 50.8 Å². The molecule has 1 saturated carbocycles. The van der Waals surface area contributed by atoms with Crippen LogP contribution in [0.4, 0.5) is 0 Å². The molecule has 2 aromatic rings. The first-order valence-electron chi connectivity index (χ1n) is 9.85. The van der Waals surface area contributed by atoms with Gasteiger partial charge in [0.2, 0.25) is 5.91 Å². The second kappa shape index (κ2) is 6.22. The molecule has 0 spiro atoms. The summed E-state index contributed by atoms with van der Waals surface area (Å²) in [6, 6.07) is 9.93. The third-order valence-electron chi connectivity index (χ3n) is 6.05. The Kier molecular flexibility index (Phi) is 3.81. The molecule has 6 nitrogen and oxygen atoms in total. The summed E-state index contributed by atoms with van der Waals surface area (Å²) in [4.78, 5) is 30.0. The van der Waals surface area contributed by atoms with E-state index in [0.29, 0.717) is 24.6 Å². The summed E-state index contributed by atoms with van der Waals surface area (Å²) in [6.45, 7) is 3.22. The first-order valence-corrected chi connectivity index (χ1v) is 9.85. The molecule has 27 heavy (non-hydrogen) atoms. The Bertz CT molecular complexity index is 887. The topological polar surface area (TPSA) is 58.4 Å². The third kappa shape index (κ3) is 2.83. The van der Waals surface area contributed by atoms with Crippen LogP contribution in [0.5, 0.6) is 0 Å². The smallest absolute Gasteiger partial charge is 0.256 e. The van der Waals surface area contributed by atoms with Gasteiger partial charge in [-0.3, -0.25) is 9.59 Å². The fourth-order valence-electron chi connectivity index (χ4n) is 4.54. The number of piperazine rings is 1. The van der Waals surface area contributed by atoms with Crippen LogP contribution in [-0.2, 0) is 4.79 Å². The highest BCUT2D eigenvalue weighted by Crippen LogP contribution is 2.38. The van der Waals surface area contributed by atoms with Crippen LogP contribution >= 0.6 is 0 Å². The van der Waals surface area contributed by atoms with Crippen LogP contribution in [0.3, 0.4) is 0 Å². The lowest BCUT2D eigenvalue weighted by Crippen LogP contribution is -2.57. The number of carbonyl (C=O) groups excluding carboxylic acids is 2. The van der Waals surface area contributed by atoms with Crippen molar-refractivity contribution in [1.82, 2.24) is 19.6 Å². The number of aryl methyl sites for hydroxylation is 1. The Labute approximate surface area is 158 Å². The van der Waals surface area contributed by atoms with Crippen molar-refractivity contribution in [3.63, 3.8) is 0 Å². The molecule has 2 aliphatic heterocycles. The number of para-hydroxylation sites is 1. The predicted octanol–water partition coefficient (Wildman–Crippen LogP) is 2.41. The molecule has 2 bridgehead atoms. The van der Waals surface area contributed by atoms with E-state index in [1.54, 1.807) is 4.68 Å². The number of hydrogen-bond donors (Lipinski definition) is 0. The van der Waals surface area contributed by atoms with Gasteiger partial charge in [-0.25, -0.2) is 4.68 Å².